The molecular formula is C23H47N3O2. The van der Waals surface area contributed by atoms with Gasteiger partial charge < -0.3 is 10.0 Å². The summed E-state index contributed by atoms with van der Waals surface area (Å²) in [5, 5.41) is 9.91. The van der Waals surface area contributed by atoms with Crippen LogP contribution in [0.25, 0.3) is 0 Å². The Balaban J connectivity index is 3.32. The van der Waals surface area contributed by atoms with Crippen LogP contribution in [0.2, 0.25) is 0 Å². The van der Waals surface area contributed by atoms with E-state index >= 15 is 0 Å². The van der Waals surface area contributed by atoms with Gasteiger partial charge in [-0.15, -0.1) is 0 Å². The summed E-state index contributed by atoms with van der Waals surface area (Å²) in [6, 6.07) is 0. The van der Waals surface area contributed by atoms with Crippen molar-refractivity contribution in [2.75, 3.05) is 27.2 Å². The SMILES string of the molecule is CCCCCC[C@@H](O)C/C=C\CCCCCCCC(=O)NNCCCN(C)C. The molecule has 0 aliphatic carbocycles. The predicted octanol–water partition coefficient (Wildman–Crippen LogP) is 4.57. The molecule has 1 atom stereocenters. The quantitative estimate of drug-likeness (QED) is 0.160. The predicted molar refractivity (Wildman–Crippen MR) is 120 cm³/mol. The number of rotatable bonds is 20. The maximum absolute atomic E-state index is 11.7. The number of hydrazine groups is 1. The molecule has 0 aromatic heterocycles. The zero-order chi connectivity index (χ0) is 20.9. The number of allylic oxidation sites excluding steroid dienone is 1. The smallest absolute Gasteiger partial charge is 0.234 e. The van der Waals surface area contributed by atoms with Crippen LogP contribution in [-0.2, 0) is 4.79 Å². The summed E-state index contributed by atoms with van der Waals surface area (Å²) in [5.74, 6) is 0.0982. The third-order valence-corrected chi connectivity index (χ3v) is 4.88. The van der Waals surface area contributed by atoms with Crippen LogP contribution in [0.5, 0.6) is 0 Å². The Morgan fingerprint density at radius 1 is 0.964 bits per heavy atom. The number of hydrogen-bond donors (Lipinski definition) is 3. The first kappa shape index (κ1) is 27.1. The average Bonchev–Trinajstić information content (AvgIpc) is 2.66. The van der Waals surface area contributed by atoms with Crippen LogP contribution in [0.3, 0.4) is 0 Å². The van der Waals surface area contributed by atoms with Crippen LogP contribution in [0.4, 0.5) is 0 Å². The molecule has 0 rings (SSSR count). The van der Waals surface area contributed by atoms with Gasteiger partial charge in [0.05, 0.1) is 6.10 Å². The Bertz CT molecular complexity index is 373. The summed E-state index contributed by atoms with van der Waals surface area (Å²) in [6.07, 6.45) is 19.3. The Labute approximate surface area is 174 Å². The van der Waals surface area contributed by atoms with E-state index in [0.717, 1.165) is 58.0 Å². The highest BCUT2D eigenvalue weighted by molar-refractivity contribution is 5.75. The van der Waals surface area contributed by atoms with E-state index in [-0.39, 0.29) is 12.0 Å². The van der Waals surface area contributed by atoms with Crippen molar-refractivity contribution in [3.05, 3.63) is 12.2 Å². The first-order valence-electron chi connectivity index (χ1n) is 11.6. The van der Waals surface area contributed by atoms with Crippen molar-refractivity contribution < 1.29 is 9.90 Å². The molecular weight excluding hydrogens is 350 g/mol. The monoisotopic (exact) mass is 397 g/mol. The molecule has 0 aromatic rings. The highest BCUT2D eigenvalue weighted by Crippen LogP contribution is 2.10. The number of nitrogens with zero attached hydrogens (tertiary/aromatic N) is 1. The van der Waals surface area contributed by atoms with E-state index in [2.05, 4.69) is 48.9 Å². The molecule has 3 N–H and O–H groups in total. The van der Waals surface area contributed by atoms with E-state index in [1.165, 1.54) is 38.5 Å². The number of amides is 1. The number of aliphatic hydroxyl groups is 1. The van der Waals surface area contributed by atoms with Gasteiger partial charge in [-0.3, -0.25) is 10.2 Å². The summed E-state index contributed by atoms with van der Waals surface area (Å²) in [7, 11) is 4.10. The average molecular weight is 398 g/mol. The lowest BCUT2D eigenvalue weighted by atomic mass is 10.1. The molecule has 166 valence electrons. The van der Waals surface area contributed by atoms with Crippen LogP contribution in [-0.4, -0.2) is 49.2 Å². The zero-order valence-electron chi connectivity index (χ0n) is 18.8. The second-order valence-electron chi connectivity index (χ2n) is 8.15. The van der Waals surface area contributed by atoms with E-state index in [4.69, 9.17) is 0 Å². The van der Waals surface area contributed by atoms with Crippen molar-refractivity contribution in [3.63, 3.8) is 0 Å². The molecule has 5 nitrogen and oxygen atoms in total. The van der Waals surface area contributed by atoms with Gasteiger partial charge in [-0.05, 0) is 59.2 Å². The second-order valence-corrected chi connectivity index (χ2v) is 8.15. The van der Waals surface area contributed by atoms with E-state index in [1.807, 2.05) is 0 Å². The van der Waals surface area contributed by atoms with E-state index in [0.29, 0.717) is 6.42 Å². The third kappa shape index (κ3) is 21.4. The third-order valence-electron chi connectivity index (χ3n) is 4.88. The van der Waals surface area contributed by atoms with Crippen molar-refractivity contribution in [1.82, 2.24) is 15.8 Å². The van der Waals surface area contributed by atoms with Crippen molar-refractivity contribution in [2.24, 2.45) is 0 Å². The molecule has 0 aromatic carbocycles. The van der Waals surface area contributed by atoms with E-state index < -0.39 is 0 Å². The van der Waals surface area contributed by atoms with Crippen molar-refractivity contribution in [2.45, 2.75) is 103 Å². The van der Waals surface area contributed by atoms with Crippen molar-refractivity contribution >= 4 is 5.91 Å². The largest absolute Gasteiger partial charge is 0.393 e. The zero-order valence-corrected chi connectivity index (χ0v) is 18.8. The summed E-state index contributed by atoms with van der Waals surface area (Å²) in [5.41, 5.74) is 5.77. The molecule has 0 saturated heterocycles. The molecule has 1 amide bonds. The molecule has 0 heterocycles. The fourth-order valence-electron chi connectivity index (χ4n) is 3.08. The lowest BCUT2D eigenvalue weighted by Gasteiger charge is -2.10. The molecule has 5 heteroatoms. The van der Waals surface area contributed by atoms with Crippen LogP contribution in [0.1, 0.15) is 96.8 Å². The Morgan fingerprint density at radius 3 is 2.43 bits per heavy atom. The van der Waals surface area contributed by atoms with E-state index in [9.17, 15) is 9.90 Å². The molecule has 0 spiro atoms. The van der Waals surface area contributed by atoms with Gasteiger partial charge in [0, 0.05) is 13.0 Å². The van der Waals surface area contributed by atoms with Crippen molar-refractivity contribution in [3.8, 4) is 0 Å². The Hall–Kier alpha value is -0.910. The fraction of sp³-hybridized carbons (Fsp3) is 0.870. The van der Waals surface area contributed by atoms with Crippen molar-refractivity contribution in [1.29, 1.82) is 0 Å². The Morgan fingerprint density at radius 2 is 1.68 bits per heavy atom. The molecule has 0 aliphatic heterocycles. The van der Waals surface area contributed by atoms with Gasteiger partial charge >= 0.3 is 0 Å². The number of nitrogens with one attached hydrogen (secondary N) is 2. The van der Waals surface area contributed by atoms with Gasteiger partial charge in [0.25, 0.3) is 0 Å². The maximum Gasteiger partial charge on any atom is 0.234 e. The number of unbranched alkanes of at least 4 members (excludes halogenated alkanes) is 8. The minimum absolute atomic E-state index is 0.0982. The second kappa shape index (κ2) is 20.8. The first-order valence-corrected chi connectivity index (χ1v) is 11.6. The first-order chi connectivity index (χ1) is 13.6. The summed E-state index contributed by atoms with van der Waals surface area (Å²) in [4.78, 5) is 13.8. The molecule has 0 saturated carbocycles. The van der Waals surface area contributed by atoms with Gasteiger partial charge in [0.2, 0.25) is 5.91 Å². The van der Waals surface area contributed by atoms with Crippen LogP contribution < -0.4 is 10.9 Å². The maximum atomic E-state index is 11.7. The number of carbonyl (C=O) groups excluding carboxylic acids is 1. The fourth-order valence-corrected chi connectivity index (χ4v) is 3.08. The minimum Gasteiger partial charge on any atom is -0.393 e. The molecule has 28 heavy (non-hydrogen) atoms. The van der Waals surface area contributed by atoms with Gasteiger partial charge in [0.15, 0.2) is 0 Å². The molecule has 0 bridgehead atoms. The van der Waals surface area contributed by atoms with Crippen LogP contribution >= 0.6 is 0 Å². The number of aliphatic hydroxyl groups excluding tert-OH is 1. The van der Waals surface area contributed by atoms with Crippen LogP contribution in [0, 0.1) is 0 Å². The van der Waals surface area contributed by atoms with Gasteiger partial charge in [-0.1, -0.05) is 64.0 Å². The number of hydrogen-bond acceptors (Lipinski definition) is 4. The van der Waals surface area contributed by atoms with Crippen LogP contribution in [0.15, 0.2) is 12.2 Å². The number of carbonyl (C=O) groups is 1. The lowest BCUT2D eigenvalue weighted by molar-refractivity contribution is -0.122. The minimum atomic E-state index is -0.165. The summed E-state index contributed by atoms with van der Waals surface area (Å²) < 4.78 is 0. The van der Waals surface area contributed by atoms with Gasteiger partial charge in [-0.2, -0.15) is 0 Å². The van der Waals surface area contributed by atoms with E-state index in [1.54, 1.807) is 0 Å². The van der Waals surface area contributed by atoms with Gasteiger partial charge in [-0.25, -0.2) is 5.43 Å². The lowest BCUT2D eigenvalue weighted by Crippen LogP contribution is -2.38. The molecule has 0 aliphatic rings. The highest BCUT2D eigenvalue weighted by atomic mass is 16.3. The normalized spacial score (nSPS) is 12.8. The molecule has 0 fully saturated rings. The molecule has 0 unspecified atom stereocenters. The standard InChI is InChI=1S/C23H47N3O2/c1-4-5-6-13-17-22(27)18-14-11-9-7-8-10-12-15-19-23(28)25-24-20-16-21-26(2)3/h11,14,22,24,27H,4-10,12-13,15-21H2,1-3H3,(H,25,28)/b14-11-/t22-/m1/s1. The Kier molecular flexibility index (Phi) is 20.1. The summed E-state index contributed by atoms with van der Waals surface area (Å²) in [6.45, 7) is 4.05. The highest BCUT2D eigenvalue weighted by Gasteiger charge is 2.01. The van der Waals surface area contributed by atoms with Gasteiger partial charge in [0.1, 0.15) is 0 Å². The molecule has 0 radical (unpaired) electrons. The topological polar surface area (TPSA) is 64.6 Å². The summed E-state index contributed by atoms with van der Waals surface area (Å²) >= 11 is 0.